The SMILES string of the molecule is C(=NNC(=Nc1ccccc1)c1ccccn1)c1ccc2ccccc2c1. The number of pyridine rings is 1. The minimum atomic E-state index is 0.596. The summed E-state index contributed by atoms with van der Waals surface area (Å²) in [7, 11) is 0. The predicted molar refractivity (Wildman–Crippen MR) is 112 cm³/mol. The molecule has 0 aliphatic carbocycles. The lowest BCUT2D eigenvalue weighted by atomic mass is 10.1. The highest BCUT2D eigenvalue weighted by molar-refractivity contribution is 5.99. The molecule has 1 heterocycles. The van der Waals surface area contributed by atoms with Crippen molar-refractivity contribution in [1.29, 1.82) is 0 Å². The van der Waals surface area contributed by atoms with E-state index < -0.39 is 0 Å². The summed E-state index contributed by atoms with van der Waals surface area (Å²) in [6.07, 6.45) is 3.53. The van der Waals surface area contributed by atoms with Crippen LogP contribution in [0.15, 0.2) is 107 Å². The third kappa shape index (κ3) is 4.25. The summed E-state index contributed by atoms with van der Waals surface area (Å²) >= 11 is 0. The van der Waals surface area contributed by atoms with Gasteiger partial charge in [0, 0.05) is 6.20 Å². The molecule has 0 saturated carbocycles. The number of aromatic nitrogens is 1. The first kappa shape index (κ1) is 16.7. The molecule has 0 amide bonds. The zero-order valence-electron chi connectivity index (χ0n) is 14.7. The first-order chi connectivity index (χ1) is 13.4. The Morgan fingerprint density at radius 1 is 0.778 bits per heavy atom. The van der Waals surface area contributed by atoms with Crippen LogP contribution in [0.5, 0.6) is 0 Å². The van der Waals surface area contributed by atoms with Gasteiger partial charge in [-0.15, -0.1) is 0 Å². The average molecular weight is 350 g/mol. The number of hydrogen-bond acceptors (Lipinski definition) is 3. The van der Waals surface area contributed by atoms with Crippen molar-refractivity contribution in [2.45, 2.75) is 0 Å². The van der Waals surface area contributed by atoms with Gasteiger partial charge in [-0.05, 0) is 46.7 Å². The zero-order valence-corrected chi connectivity index (χ0v) is 14.7. The van der Waals surface area contributed by atoms with Gasteiger partial charge in [0.1, 0.15) is 5.69 Å². The number of hydrazone groups is 1. The molecule has 0 spiro atoms. The molecular weight excluding hydrogens is 332 g/mol. The quantitative estimate of drug-likeness (QED) is 0.322. The second kappa shape index (κ2) is 8.06. The molecule has 0 unspecified atom stereocenters. The number of amidine groups is 1. The normalized spacial score (nSPS) is 11.8. The fourth-order valence-electron chi connectivity index (χ4n) is 2.73. The van der Waals surface area contributed by atoms with E-state index in [2.05, 4.69) is 44.8 Å². The number of benzene rings is 3. The number of rotatable bonds is 4. The molecule has 0 aliphatic rings. The summed E-state index contributed by atoms with van der Waals surface area (Å²) in [6, 6.07) is 30.0. The number of aliphatic imine (C=N–C) groups is 1. The van der Waals surface area contributed by atoms with Crippen molar-refractivity contribution in [2.24, 2.45) is 10.1 Å². The van der Waals surface area contributed by atoms with Crippen LogP contribution in [0.3, 0.4) is 0 Å². The summed E-state index contributed by atoms with van der Waals surface area (Å²) in [6.45, 7) is 0. The maximum atomic E-state index is 4.64. The summed E-state index contributed by atoms with van der Waals surface area (Å²) < 4.78 is 0. The van der Waals surface area contributed by atoms with Gasteiger partial charge in [0.2, 0.25) is 0 Å². The van der Waals surface area contributed by atoms with Crippen LogP contribution in [0.25, 0.3) is 10.8 Å². The zero-order chi connectivity index (χ0) is 18.3. The van der Waals surface area contributed by atoms with E-state index in [0.717, 1.165) is 16.9 Å². The van der Waals surface area contributed by atoms with E-state index in [1.807, 2.05) is 66.7 Å². The molecule has 0 aliphatic heterocycles. The predicted octanol–water partition coefficient (Wildman–Crippen LogP) is 4.94. The van der Waals surface area contributed by atoms with E-state index in [9.17, 15) is 0 Å². The van der Waals surface area contributed by atoms with E-state index in [1.165, 1.54) is 10.8 Å². The van der Waals surface area contributed by atoms with Gasteiger partial charge < -0.3 is 0 Å². The molecule has 4 rings (SSSR count). The topological polar surface area (TPSA) is 49.6 Å². The minimum absolute atomic E-state index is 0.596. The molecule has 0 radical (unpaired) electrons. The van der Waals surface area contributed by atoms with Gasteiger partial charge in [-0.1, -0.05) is 60.7 Å². The molecule has 1 aromatic heterocycles. The van der Waals surface area contributed by atoms with Crippen LogP contribution < -0.4 is 5.43 Å². The average Bonchev–Trinajstić information content (AvgIpc) is 2.74. The van der Waals surface area contributed by atoms with Gasteiger partial charge in [0.15, 0.2) is 5.84 Å². The van der Waals surface area contributed by atoms with Crippen LogP contribution >= 0.6 is 0 Å². The number of hydrogen-bond donors (Lipinski definition) is 1. The Labute approximate surface area is 157 Å². The number of nitrogens with one attached hydrogen (secondary N) is 1. The Morgan fingerprint density at radius 2 is 1.56 bits per heavy atom. The van der Waals surface area contributed by atoms with Crippen molar-refractivity contribution in [3.05, 3.63) is 108 Å². The molecule has 0 atom stereocenters. The van der Waals surface area contributed by atoms with Crippen LogP contribution in [-0.4, -0.2) is 17.0 Å². The molecule has 130 valence electrons. The minimum Gasteiger partial charge on any atom is -0.260 e. The maximum absolute atomic E-state index is 4.64. The molecule has 3 aromatic carbocycles. The number of fused-ring (bicyclic) bond motifs is 1. The summed E-state index contributed by atoms with van der Waals surface area (Å²) in [5, 5.41) is 6.77. The van der Waals surface area contributed by atoms with Crippen LogP contribution in [0.2, 0.25) is 0 Å². The van der Waals surface area contributed by atoms with Crippen molar-refractivity contribution in [3.63, 3.8) is 0 Å². The van der Waals surface area contributed by atoms with Crippen LogP contribution in [0.1, 0.15) is 11.3 Å². The highest BCUT2D eigenvalue weighted by Crippen LogP contribution is 2.15. The molecule has 0 fully saturated rings. The Kier molecular flexibility index (Phi) is 4.97. The Hall–Kier alpha value is -3.79. The highest BCUT2D eigenvalue weighted by Gasteiger charge is 2.03. The van der Waals surface area contributed by atoms with Crippen molar-refractivity contribution in [1.82, 2.24) is 10.4 Å². The molecule has 4 nitrogen and oxygen atoms in total. The van der Waals surface area contributed by atoms with E-state index >= 15 is 0 Å². The third-order valence-electron chi connectivity index (χ3n) is 4.06. The Bertz CT molecular complexity index is 1090. The maximum Gasteiger partial charge on any atom is 0.172 e. The van der Waals surface area contributed by atoms with E-state index in [-0.39, 0.29) is 0 Å². The lowest BCUT2D eigenvalue weighted by Crippen LogP contribution is -2.20. The fourth-order valence-corrected chi connectivity index (χ4v) is 2.73. The molecule has 4 aromatic rings. The van der Waals surface area contributed by atoms with Gasteiger partial charge in [-0.25, -0.2) is 4.99 Å². The monoisotopic (exact) mass is 350 g/mol. The molecule has 0 saturated heterocycles. The molecule has 27 heavy (non-hydrogen) atoms. The summed E-state index contributed by atoms with van der Waals surface area (Å²) in [5.74, 6) is 0.596. The second-order valence-electron chi connectivity index (χ2n) is 5.99. The van der Waals surface area contributed by atoms with Crippen molar-refractivity contribution in [3.8, 4) is 0 Å². The summed E-state index contributed by atoms with van der Waals surface area (Å²) in [4.78, 5) is 9.01. The first-order valence-electron chi connectivity index (χ1n) is 8.71. The van der Waals surface area contributed by atoms with Gasteiger partial charge in [0.25, 0.3) is 0 Å². The highest BCUT2D eigenvalue weighted by atomic mass is 15.3. The van der Waals surface area contributed by atoms with Gasteiger partial charge in [-0.2, -0.15) is 5.10 Å². The van der Waals surface area contributed by atoms with E-state index in [1.54, 1.807) is 12.4 Å². The van der Waals surface area contributed by atoms with Crippen LogP contribution in [0.4, 0.5) is 5.69 Å². The van der Waals surface area contributed by atoms with Crippen molar-refractivity contribution < 1.29 is 0 Å². The van der Waals surface area contributed by atoms with Gasteiger partial charge in [-0.3, -0.25) is 10.4 Å². The van der Waals surface area contributed by atoms with Gasteiger partial charge in [0.05, 0.1) is 11.9 Å². The lowest BCUT2D eigenvalue weighted by molar-refractivity contribution is 1.02. The Morgan fingerprint density at radius 3 is 2.37 bits per heavy atom. The van der Waals surface area contributed by atoms with E-state index in [4.69, 9.17) is 0 Å². The van der Waals surface area contributed by atoms with E-state index in [0.29, 0.717) is 5.84 Å². The van der Waals surface area contributed by atoms with Crippen LogP contribution in [0, 0.1) is 0 Å². The molecule has 1 N–H and O–H groups in total. The third-order valence-corrected chi connectivity index (χ3v) is 4.06. The van der Waals surface area contributed by atoms with Crippen LogP contribution in [-0.2, 0) is 0 Å². The molecular formula is C23H18N4. The lowest BCUT2D eigenvalue weighted by Gasteiger charge is -2.05. The van der Waals surface area contributed by atoms with Crippen molar-refractivity contribution >= 4 is 28.5 Å². The molecule has 4 heteroatoms. The fraction of sp³-hybridized carbons (Fsp3) is 0. The second-order valence-corrected chi connectivity index (χ2v) is 5.99. The number of nitrogens with zero attached hydrogens (tertiary/aromatic N) is 3. The number of para-hydroxylation sites is 1. The largest absolute Gasteiger partial charge is 0.260 e. The Balaban J connectivity index is 1.59. The van der Waals surface area contributed by atoms with Gasteiger partial charge >= 0.3 is 0 Å². The smallest absolute Gasteiger partial charge is 0.172 e. The molecule has 0 bridgehead atoms. The standard InChI is InChI=1S/C23H18N4/c1-2-10-21(11-3-1)26-23(22-12-6-7-15-24-22)27-25-17-18-13-14-19-8-4-5-9-20(19)16-18/h1-17H,(H,26,27). The first-order valence-corrected chi connectivity index (χ1v) is 8.71. The van der Waals surface area contributed by atoms with Crippen molar-refractivity contribution in [2.75, 3.05) is 0 Å². The summed E-state index contributed by atoms with van der Waals surface area (Å²) in [5.41, 5.74) is 5.63.